The van der Waals surface area contributed by atoms with Gasteiger partial charge in [0.05, 0.1) is 0 Å². The molecule has 0 aromatic rings. The molecule has 4 heavy (non-hydrogen) atoms. The quantitative estimate of drug-likeness (QED) is 0.489. The average molecular weight is 278 g/mol. The molecule has 0 aromatic carbocycles. The van der Waals surface area contributed by atoms with Crippen LogP contribution in [0.5, 0.6) is 0 Å². The molecule has 0 unspecified atom stereocenters. The molecule has 1 nitrogen and oxygen atoms in total. The fourth-order valence-electron chi connectivity index (χ4n) is 0. The van der Waals surface area contributed by atoms with E-state index in [0.29, 0.717) is 0 Å². The molecular weight excluding hydrogens is 274 g/mol. The average Bonchev–Trinajstić information content (AvgIpc) is 1.00. The summed E-state index contributed by atoms with van der Waals surface area (Å²) in [7, 11) is 0. The third-order valence-corrected chi connectivity index (χ3v) is 0. The molecule has 0 amide bonds. The van der Waals surface area contributed by atoms with Crippen molar-refractivity contribution in [2.45, 2.75) is 0 Å². The molecule has 0 N–H and O–H groups in total. The van der Waals surface area contributed by atoms with Crippen LogP contribution in [0.1, 0.15) is 0 Å². The van der Waals surface area contributed by atoms with Crippen molar-refractivity contribution in [1.29, 1.82) is 0 Å². The molecule has 0 spiro atoms. The maximum absolute atomic E-state index is 8.25. The van der Waals surface area contributed by atoms with E-state index < -0.39 is 0 Å². The molecular formula is H4OSnTiZr. The predicted molar refractivity (Wildman–Crippen MR) is 12.0 cm³/mol. The van der Waals surface area contributed by atoms with Crippen LogP contribution in [-0.4, -0.2) is 23.9 Å². The Bertz CT molecular complexity index is 8.00. The largest absolute Gasteiger partial charge is 0 e. The molecule has 0 aliphatic rings. The summed E-state index contributed by atoms with van der Waals surface area (Å²) in [6.45, 7) is 0. The topological polar surface area (TPSA) is 17.1 Å². The van der Waals surface area contributed by atoms with Gasteiger partial charge in [0, 0.05) is 26.2 Å². The number of rotatable bonds is 0. The van der Waals surface area contributed by atoms with Gasteiger partial charge < -0.3 is 0 Å². The number of hydrogen-bond donors (Lipinski definition) is 0. The van der Waals surface area contributed by atoms with Gasteiger partial charge in [-0.25, -0.2) is 0 Å². The summed E-state index contributed by atoms with van der Waals surface area (Å²) in [6, 6.07) is 0. The van der Waals surface area contributed by atoms with E-state index in [1.54, 1.807) is 0 Å². The van der Waals surface area contributed by atoms with Gasteiger partial charge >= 0.3 is 47.6 Å². The summed E-state index contributed by atoms with van der Waals surface area (Å²) in [5.41, 5.74) is 0. The van der Waals surface area contributed by atoms with E-state index in [9.17, 15) is 0 Å². The zero-order valence-corrected chi connectivity index (χ0v) is 5.43. The van der Waals surface area contributed by atoms with Gasteiger partial charge in [-0.05, 0) is 0 Å². The van der Waals surface area contributed by atoms with Crippen molar-refractivity contribution in [2.24, 2.45) is 0 Å². The maximum atomic E-state index is 8.25. The molecule has 0 aliphatic heterocycles. The third kappa shape index (κ3) is 8.89. The van der Waals surface area contributed by atoms with Crippen LogP contribution in [0.4, 0.5) is 0 Å². The van der Waals surface area contributed by atoms with Crippen molar-refractivity contribution in [3.8, 4) is 0 Å². The second kappa shape index (κ2) is 19.0. The van der Waals surface area contributed by atoms with E-state index in [1.807, 2.05) is 0 Å². The Hall–Kier alpha value is 2.20. The summed E-state index contributed by atoms with van der Waals surface area (Å²) >= 11 is 0.750. The minimum atomic E-state index is 0. The zero-order chi connectivity index (χ0) is 2.00. The fourth-order valence-corrected chi connectivity index (χ4v) is 0. The Labute approximate surface area is 72.7 Å². The first-order valence-corrected chi connectivity index (χ1v) is 0.842. The summed E-state index contributed by atoms with van der Waals surface area (Å²) < 4.78 is 8.25. The van der Waals surface area contributed by atoms with Gasteiger partial charge in [0.25, 0.3) is 0 Å². The van der Waals surface area contributed by atoms with Crippen molar-refractivity contribution in [3.63, 3.8) is 0 Å². The van der Waals surface area contributed by atoms with Gasteiger partial charge in [-0.1, -0.05) is 0 Å². The normalized spacial score (nSPS) is 0.750. The molecule has 0 aromatic heterocycles. The van der Waals surface area contributed by atoms with E-state index in [1.165, 1.54) is 0 Å². The molecule has 4 heteroatoms. The summed E-state index contributed by atoms with van der Waals surface area (Å²) in [5, 5.41) is 0. The molecule has 0 radical (unpaired) electrons. The Morgan fingerprint density at radius 2 is 1.25 bits per heavy atom. The smallest absolute Gasteiger partial charge is 0 e. The van der Waals surface area contributed by atoms with Gasteiger partial charge in [-0.3, -0.25) is 0 Å². The van der Waals surface area contributed by atoms with E-state index >= 15 is 0 Å². The van der Waals surface area contributed by atoms with Crippen LogP contribution in [0, 0.1) is 0 Å². The van der Waals surface area contributed by atoms with Gasteiger partial charge in [0.2, 0.25) is 0 Å². The van der Waals surface area contributed by atoms with E-state index in [0.717, 1.165) is 20.4 Å². The monoisotopic (exact) mass is 278 g/mol. The van der Waals surface area contributed by atoms with E-state index in [2.05, 4.69) is 0 Å². The molecule has 0 fully saturated rings. The zero-order valence-electron chi connectivity index (χ0n) is 1.41. The Morgan fingerprint density at radius 3 is 1.25 bits per heavy atom. The van der Waals surface area contributed by atoms with Crippen molar-refractivity contribution >= 4 is 23.9 Å². The first-order valence-electron chi connectivity index (χ1n) is 0.204. The van der Waals surface area contributed by atoms with Crippen molar-refractivity contribution < 1.29 is 49.9 Å². The van der Waals surface area contributed by atoms with Gasteiger partial charge in [0.1, 0.15) is 0 Å². The molecule has 22 valence electrons. The minimum absolute atomic E-state index is 0. The molecule has 0 atom stereocenters. The van der Waals surface area contributed by atoms with Gasteiger partial charge in [0.15, 0.2) is 0 Å². The Kier molecular flexibility index (Phi) is 77.7. The van der Waals surface area contributed by atoms with Crippen molar-refractivity contribution in [2.75, 3.05) is 0 Å². The Morgan fingerprint density at radius 1 is 1.25 bits per heavy atom. The molecule has 0 bridgehead atoms. The molecule has 0 saturated carbocycles. The third-order valence-electron chi connectivity index (χ3n) is 0. The van der Waals surface area contributed by atoms with Crippen LogP contribution in [0.25, 0.3) is 0 Å². The SMILES string of the molecule is [O]=[Ti].[SnH4].[Zr]. The van der Waals surface area contributed by atoms with Crippen LogP contribution in [-0.2, 0) is 49.9 Å². The minimum Gasteiger partial charge on any atom is 0 e. The van der Waals surface area contributed by atoms with Gasteiger partial charge in [-0.2, -0.15) is 0 Å². The second-order valence-electron chi connectivity index (χ2n) is 0. The molecule has 0 aliphatic carbocycles. The summed E-state index contributed by atoms with van der Waals surface area (Å²) in [4.78, 5) is 0. The number of hydrogen-bond acceptors (Lipinski definition) is 1. The molecule has 0 rings (SSSR count). The Balaban J connectivity index is -0.00000000500. The fraction of sp³-hybridized carbons (Fsp3) is 0. The first-order chi connectivity index (χ1) is 1.00. The first kappa shape index (κ1) is 16.4. The maximum Gasteiger partial charge on any atom is 0 e. The summed E-state index contributed by atoms with van der Waals surface area (Å²) in [6.07, 6.45) is 0. The predicted octanol–water partition coefficient (Wildman–Crippen LogP) is -1.58. The van der Waals surface area contributed by atoms with Crippen LogP contribution < -0.4 is 0 Å². The van der Waals surface area contributed by atoms with Crippen LogP contribution in [0.3, 0.4) is 0 Å². The van der Waals surface area contributed by atoms with Crippen LogP contribution in [0.2, 0.25) is 0 Å². The summed E-state index contributed by atoms with van der Waals surface area (Å²) in [5.74, 6) is 0. The van der Waals surface area contributed by atoms with E-state index in [4.69, 9.17) is 3.32 Å². The van der Waals surface area contributed by atoms with Crippen molar-refractivity contribution in [3.05, 3.63) is 0 Å². The van der Waals surface area contributed by atoms with Crippen LogP contribution >= 0.6 is 0 Å². The molecule has 0 saturated heterocycles. The van der Waals surface area contributed by atoms with E-state index in [-0.39, 0.29) is 50.1 Å². The van der Waals surface area contributed by atoms with Crippen molar-refractivity contribution in [1.82, 2.24) is 0 Å². The standard InChI is InChI=1S/O.Sn.Ti.Zr.4H. The molecule has 0 heterocycles. The second-order valence-corrected chi connectivity index (χ2v) is 0. The van der Waals surface area contributed by atoms with Crippen LogP contribution in [0.15, 0.2) is 0 Å². The van der Waals surface area contributed by atoms with Gasteiger partial charge in [-0.15, -0.1) is 0 Å².